The van der Waals surface area contributed by atoms with Crippen LogP contribution in [0.15, 0.2) is 52.3 Å². The zero-order chi connectivity index (χ0) is 25.3. The predicted octanol–water partition coefficient (Wildman–Crippen LogP) is 6.53. The number of aliphatic imine (C=N–C) groups is 1. The van der Waals surface area contributed by atoms with Crippen LogP contribution >= 0.6 is 0 Å². The van der Waals surface area contributed by atoms with Crippen LogP contribution in [0.1, 0.15) is 84.5 Å². The fourth-order valence-electron chi connectivity index (χ4n) is 11.9. The van der Waals surface area contributed by atoms with Crippen LogP contribution in [-0.4, -0.2) is 41.6 Å². The molecule has 5 saturated carbocycles. The van der Waals surface area contributed by atoms with Gasteiger partial charge >= 0.3 is 0 Å². The van der Waals surface area contributed by atoms with Crippen LogP contribution < -0.4 is 5.32 Å². The summed E-state index contributed by atoms with van der Waals surface area (Å²) >= 11 is 0. The van der Waals surface area contributed by atoms with Crippen molar-refractivity contribution in [1.82, 2.24) is 10.2 Å². The van der Waals surface area contributed by atoms with Crippen molar-refractivity contribution in [3.05, 3.63) is 47.3 Å². The SMILES string of the molecule is CC12CCC(OCC3=CN=CCC3)CC1=CCC1C2CCC2(C)C1CC1CC12N1CNC2=CC=CC3CC231. The zero-order valence-corrected chi connectivity index (χ0v) is 23.4. The maximum atomic E-state index is 6.48. The molecule has 0 aromatic carbocycles. The number of nitrogens with one attached hydrogen (secondary N) is 1. The molecule has 2 heterocycles. The van der Waals surface area contributed by atoms with E-state index >= 15 is 0 Å². The topological polar surface area (TPSA) is 36.9 Å². The average molecular weight is 512 g/mol. The third kappa shape index (κ3) is 2.73. The Labute approximate surface area is 228 Å². The van der Waals surface area contributed by atoms with E-state index in [-0.39, 0.29) is 0 Å². The Hall–Kier alpha value is -1.65. The third-order valence-electron chi connectivity index (χ3n) is 14.0. The van der Waals surface area contributed by atoms with Crippen LogP contribution in [-0.2, 0) is 4.74 Å². The molecular weight excluding hydrogens is 466 g/mol. The quantitative estimate of drug-likeness (QED) is 0.436. The molecule has 9 aliphatic rings. The average Bonchev–Trinajstić information content (AvgIpc) is 3.79. The summed E-state index contributed by atoms with van der Waals surface area (Å²) in [5.74, 6) is 4.36. The largest absolute Gasteiger partial charge is 0.374 e. The van der Waals surface area contributed by atoms with Gasteiger partial charge in [0, 0.05) is 29.6 Å². The van der Waals surface area contributed by atoms with Crippen molar-refractivity contribution in [2.75, 3.05) is 13.3 Å². The number of hydrogen-bond donors (Lipinski definition) is 1. The summed E-state index contributed by atoms with van der Waals surface area (Å²) in [5.41, 5.74) is 6.34. The van der Waals surface area contributed by atoms with E-state index in [1.54, 1.807) is 5.57 Å². The highest BCUT2D eigenvalue weighted by atomic mass is 16.5. The summed E-state index contributed by atoms with van der Waals surface area (Å²) in [6, 6.07) is 0. The van der Waals surface area contributed by atoms with Crippen LogP contribution in [0.3, 0.4) is 0 Å². The van der Waals surface area contributed by atoms with E-state index in [2.05, 4.69) is 53.4 Å². The first kappa shape index (κ1) is 23.1. The van der Waals surface area contributed by atoms with E-state index in [4.69, 9.17) is 4.74 Å². The first-order chi connectivity index (χ1) is 18.5. The summed E-state index contributed by atoms with van der Waals surface area (Å²) in [5, 5.41) is 3.87. The van der Waals surface area contributed by atoms with E-state index in [1.165, 1.54) is 62.6 Å². The van der Waals surface area contributed by atoms with Gasteiger partial charge in [-0.05, 0) is 117 Å². The van der Waals surface area contributed by atoms with Crippen LogP contribution in [0, 0.1) is 40.4 Å². The van der Waals surface area contributed by atoms with Crippen LogP contribution in [0.4, 0.5) is 0 Å². The second kappa shape index (κ2) is 7.55. The summed E-state index contributed by atoms with van der Waals surface area (Å²) < 4.78 is 6.48. The smallest absolute Gasteiger partial charge is 0.0699 e. The van der Waals surface area contributed by atoms with Gasteiger partial charge in [0.2, 0.25) is 0 Å². The fourth-order valence-corrected chi connectivity index (χ4v) is 11.9. The van der Waals surface area contributed by atoms with E-state index in [1.807, 2.05) is 12.4 Å². The van der Waals surface area contributed by atoms with Crippen molar-refractivity contribution in [3.8, 4) is 0 Å². The van der Waals surface area contributed by atoms with Gasteiger partial charge in [-0.25, -0.2) is 0 Å². The number of rotatable bonds is 4. The molecule has 38 heavy (non-hydrogen) atoms. The molecule has 1 saturated heterocycles. The Kier molecular flexibility index (Phi) is 4.59. The molecule has 4 nitrogen and oxygen atoms in total. The van der Waals surface area contributed by atoms with Gasteiger partial charge in [0.25, 0.3) is 0 Å². The minimum Gasteiger partial charge on any atom is -0.374 e. The summed E-state index contributed by atoms with van der Waals surface area (Å²) in [4.78, 5) is 7.40. The first-order valence-electron chi connectivity index (χ1n) is 15.9. The fraction of sp³-hybridized carbons (Fsp3) is 0.735. The van der Waals surface area contributed by atoms with Crippen molar-refractivity contribution < 1.29 is 4.74 Å². The molecule has 0 aromatic rings. The summed E-state index contributed by atoms with van der Waals surface area (Å²) in [6.45, 7) is 7.28. The molecule has 0 amide bonds. The maximum absolute atomic E-state index is 6.48. The highest BCUT2D eigenvalue weighted by Crippen LogP contribution is 2.80. The highest BCUT2D eigenvalue weighted by Gasteiger charge is 2.81. The van der Waals surface area contributed by atoms with Gasteiger partial charge in [0.15, 0.2) is 0 Å². The second-order valence-electron chi connectivity index (χ2n) is 15.1. The lowest BCUT2D eigenvalue weighted by atomic mass is 9.47. The van der Waals surface area contributed by atoms with Crippen LogP contribution in [0.2, 0.25) is 0 Å². The van der Waals surface area contributed by atoms with Gasteiger partial charge in [-0.15, -0.1) is 0 Å². The molecule has 7 aliphatic carbocycles. The van der Waals surface area contributed by atoms with Crippen molar-refractivity contribution in [3.63, 3.8) is 0 Å². The molecule has 1 spiro atoms. The van der Waals surface area contributed by atoms with E-state index in [0.717, 1.165) is 62.1 Å². The Morgan fingerprint density at radius 1 is 1.16 bits per heavy atom. The molecule has 0 radical (unpaired) electrons. The summed E-state index contributed by atoms with van der Waals surface area (Å²) in [7, 11) is 0. The van der Waals surface area contributed by atoms with Crippen LogP contribution in [0.25, 0.3) is 0 Å². The number of nitrogens with zero attached hydrogens (tertiary/aromatic N) is 2. The minimum atomic E-state index is 0.336. The molecular formula is C34H45N3O. The molecule has 9 rings (SSSR count). The predicted molar refractivity (Wildman–Crippen MR) is 151 cm³/mol. The molecule has 202 valence electrons. The van der Waals surface area contributed by atoms with Gasteiger partial charge in [0.05, 0.1) is 24.9 Å². The third-order valence-corrected chi connectivity index (χ3v) is 14.0. The van der Waals surface area contributed by atoms with Gasteiger partial charge < -0.3 is 10.1 Å². The number of ether oxygens (including phenoxy) is 1. The van der Waals surface area contributed by atoms with Crippen molar-refractivity contribution in [2.24, 2.45) is 45.4 Å². The van der Waals surface area contributed by atoms with Gasteiger partial charge in [0.1, 0.15) is 0 Å². The normalized spacial score (nSPS) is 53.3. The molecule has 1 N–H and O–H groups in total. The number of fused-ring (bicyclic) bond motifs is 7. The van der Waals surface area contributed by atoms with Crippen molar-refractivity contribution in [2.45, 2.75) is 102 Å². The van der Waals surface area contributed by atoms with E-state index in [9.17, 15) is 0 Å². The number of hydrogen-bond acceptors (Lipinski definition) is 4. The molecule has 4 heteroatoms. The molecule has 6 fully saturated rings. The van der Waals surface area contributed by atoms with Crippen molar-refractivity contribution >= 4 is 6.21 Å². The second-order valence-corrected chi connectivity index (χ2v) is 15.1. The van der Waals surface area contributed by atoms with E-state index in [0.29, 0.717) is 28.0 Å². The lowest BCUT2D eigenvalue weighted by molar-refractivity contribution is -0.0849. The lowest BCUT2D eigenvalue weighted by Crippen LogP contribution is -2.58. The molecule has 0 aromatic heterocycles. The standard InChI is InChI=1S/C34H45N3O/c1-31-12-10-26(38-20-22-5-4-14-35-19-22)15-23(31)8-9-27-28(31)11-13-32(2)29(27)16-25-18-34(25,32)37-21-36-30-7-3-6-24-17-33(24,30)37/h3,6-8,14,19,24-29,36H,4-5,9-13,15-18,20-21H2,1-2H3. The Morgan fingerprint density at radius 3 is 3.00 bits per heavy atom. The highest BCUT2D eigenvalue weighted by molar-refractivity contribution is 5.60. The minimum absolute atomic E-state index is 0.336. The Morgan fingerprint density at radius 2 is 2.11 bits per heavy atom. The maximum Gasteiger partial charge on any atom is 0.0699 e. The van der Waals surface area contributed by atoms with Gasteiger partial charge in [-0.2, -0.15) is 0 Å². The van der Waals surface area contributed by atoms with E-state index < -0.39 is 0 Å². The Balaban J connectivity index is 0.955. The lowest BCUT2D eigenvalue weighted by Gasteiger charge is -2.60. The molecule has 10 atom stereocenters. The molecule has 10 unspecified atom stereocenters. The van der Waals surface area contributed by atoms with Crippen LogP contribution in [0.5, 0.6) is 0 Å². The first-order valence-corrected chi connectivity index (χ1v) is 15.9. The van der Waals surface area contributed by atoms with Crippen molar-refractivity contribution in [1.29, 1.82) is 0 Å². The number of allylic oxidation sites excluding steroid dienone is 3. The van der Waals surface area contributed by atoms with Gasteiger partial charge in [-0.3, -0.25) is 9.89 Å². The molecule has 2 aliphatic heterocycles. The zero-order valence-electron chi connectivity index (χ0n) is 23.4. The summed E-state index contributed by atoms with van der Waals surface area (Å²) in [6.07, 6.45) is 28.8. The monoisotopic (exact) mass is 511 g/mol. The Bertz CT molecular complexity index is 1230. The molecule has 0 bridgehead atoms. The van der Waals surface area contributed by atoms with Gasteiger partial charge in [-0.1, -0.05) is 37.6 Å².